The maximum Gasteiger partial charge on any atom is 0.318 e. The number of nitrogens with zero attached hydrogens (tertiary/aromatic N) is 1. The minimum atomic E-state index is -0.838. The fraction of sp³-hybridized carbons (Fsp3) is 0.375. The van der Waals surface area contributed by atoms with E-state index in [1.807, 2.05) is 18.2 Å². The van der Waals surface area contributed by atoms with Crippen LogP contribution < -0.4 is 5.32 Å². The lowest BCUT2D eigenvalue weighted by Crippen LogP contribution is -2.46. The zero-order chi connectivity index (χ0) is 14.8. The number of amides is 2. The van der Waals surface area contributed by atoms with Crippen LogP contribution >= 0.6 is 0 Å². The van der Waals surface area contributed by atoms with E-state index in [-0.39, 0.29) is 12.1 Å². The Kier molecular flexibility index (Phi) is 3.64. The van der Waals surface area contributed by atoms with Crippen LogP contribution in [0.1, 0.15) is 17.5 Å². The van der Waals surface area contributed by atoms with E-state index in [0.29, 0.717) is 19.5 Å². The molecule has 1 aromatic carbocycles. The molecule has 0 saturated carbocycles. The molecule has 1 aliphatic carbocycles. The molecule has 5 nitrogen and oxygen atoms in total. The van der Waals surface area contributed by atoms with E-state index in [1.54, 1.807) is 17.1 Å². The molecule has 0 aromatic heterocycles. The van der Waals surface area contributed by atoms with Crippen LogP contribution in [0.5, 0.6) is 0 Å². The highest BCUT2D eigenvalue weighted by Gasteiger charge is 2.27. The highest BCUT2D eigenvalue weighted by Crippen LogP contribution is 2.20. The number of benzene rings is 1. The number of hydrogen-bond acceptors (Lipinski definition) is 2. The molecule has 2 unspecified atom stereocenters. The quantitative estimate of drug-likeness (QED) is 0.814. The number of urea groups is 1. The summed E-state index contributed by atoms with van der Waals surface area (Å²) in [5, 5.41) is 11.8. The Balaban J connectivity index is 1.58. The van der Waals surface area contributed by atoms with Gasteiger partial charge in [0, 0.05) is 13.1 Å². The van der Waals surface area contributed by atoms with Gasteiger partial charge >= 0.3 is 12.0 Å². The summed E-state index contributed by atoms with van der Waals surface area (Å²) in [5.74, 6) is -1.33. The Labute approximate surface area is 123 Å². The number of nitrogens with one attached hydrogen (secondary N) is 1. The van der Waals surface area contributed by atoms with Crippen molar-refractivity contribution < 1.29 is 14.7 Å². The lowest BCUT2D eigenvalue weighted by atomic mass is 10.0. The smallest absolute Gasteiger partial charge is 0.318 e. The average molecular weight is 286 g/mol. The number of aliphatic carboxylic acids is 1. The van der Waals surface area contributed by atoms with Crippen LogP contribution in [0.25, 0.3) is 0 Å². The van der Waals surface area contributed by atoms with Crippen molar-refractivity contribution in [3.8, 4) is 0 Å². The van der Waals surface area contributed by atoms with E-state index < -0.39 is 11.9 Å². The van der Waals surface area contributed by atoms with Gasteiger partial charge in [0.05, 0.1) is 12.0 Å². The Hall–Kier alpha value is -2.30. The van der Waals surface area contributed by atoms with Crippen molar-refractivity contribution in [2.75, 3.05) is 6.54 Å². The first kappa shape index (κ1) is 13.7. The predicted molar refractivity (Wildman–Crippen MR) is 77.8 cm³/mol. The Morgan fingerprint density at radius 2 is 1.95 bits per heavy atom. The fourth-order valence-electron chi connectivity index (χ4n) is 2.91. The maximum absolute atomic E-state index is 12.3. The minimum Gasteiger partial charge on any atom is -0.481 e. The van der Waals surface area contributed by atoms with Gasteiger partial charge in [0.1, 0.15) is 0 Å². The first-order chi connectivity index (χ1) is 10.1. The Bertz CT molecular complexity index is 597. The summed E-state index contributed by atoms with van der Waals surface area (Å²) in [7, 11) is 0. The summed E-state index contributed by atoms with van der Waals surface area (Å²) in [4.78, 5) is 25.0. The molecule has 1 aliphatic heterocycles. The van der Waals surface area contributed by atoms with Gasteiger partial charge in [-0.05, 0) is 24.0 Å². The van der Waals surface area contributed by atoms with Gasteiger partial charge in [-0.25, -0.2) is 4.79 Å². The van der Waals surface area contributed by atoms with Crippen molar-refractivity contribution in [1.29, 1.82) is 0 Å². The van der Waals surface area contributed by atoms with E-state index in [0.717, 1.165) is 6.42 Å². The van der Waals surface area contributed by atoms with Gasteiger partial charge < -0.3 is 15.3 Å². The highest BCUT2D eigenvalue weighted by atomic mass is 16.4. The fourth-order valence-corrected chi connectivity index (χ4v) is 2.91. The second kappa shape index (κ2) is 5.60. The van der Waals surface area contributed by atoms with E-state index in [9.17, 15) is 9.59 Å². The molecule has 2 N–H and O–H groups in total. The first-order valence-electron chi connectivity index (χ1n) is 7.17. The van der Waals surface area contributed by atoms with Crippen molar-refractivity contribution in [1.82, 2.24) is 10.2 Å². The van der Waals surface area contributed by atoms with E-state index in [2.05, 4.69) is 11.4 Å². The van der Waals surface area contributed by atoms with Gasteiger partial charge in [-0.3, -0.25) is 4.79 Å². The van der Waals surface area contributed by atoms with E-state index in [4.69, 9.17) is 5.11 Å². The average Bonchev–Trinajstić information content (AvgIpc) is 2.95. The van der Waals surface area contributed by atoms with Crippen molar-refractivity contribution in [3.63, 3.8) is 0 Å². The van der Waals surface area contributed by atoms with Crippen LogP contribution in [0.3, 0.4) is 0 Å². The number of fused-ring (bicyclic) bond motifs is 1. The largest absolute Gasteiger partial charge is 0.481 e. The van der Waals surface area contributed by atoms with E-state index >= 15 is 0 Å². The third-order valence-electron chi connectivity index (χ3n) is 4.13. The lowest BCUT2D eigenvalue weighted by molar-refractivity contribution is -0.140. The second-order valence-electron chi connectivity index (χ2n) is 5.56. The van der Waals surface area contributed by atoms with Crippen LogP contribution in [-0.2, 0) is 17.8 Å². The molecule has 110 valence electrons. The molecule has 0 radical (unpaired) electrons. The molecule has 0 saturated heterocycles. The van der Waals surface area contributed by atoms with Crippen LogP contribution in [0, 0.1) is 5.92 Å². The highest BCUT2D eigenvalue weighted by molar-refractivity contribution is 5.76. The van der Waals surface area contributed by atoms with Gasteiger partial charge in [-0.15, -0.1) is 0 Å². The molecule has 2 aliphatic rings. The number of carboxylic acid groups (broad SMARTS) is 1. The first-order valence-corrected chi connectivity index (χ1v) is 7.17. The monoisotopic (exact) mass is 286 g/mol. The molecule has 3 rings (SSSR count). The third kappa shape index (κ3) is 2.91. The Morgan fingerprint density at radius 3 is 2.67 bits per heavy atom. The van der Waals surface area contributed by atoms with Crippen molar-refractivity contribution in [3.05, 3.63) is 47.5 Å². The molecule has 2 atom stereocenters. The Morgan fingerprint density at radius 1 is 1.19 bits per heavy atom. The summed E-state index contributed by atoms with van der Waals surface area (Å²) >= 11 is 0. The van der Waals surface area contributed by atoms with Crippen LogP contribution in [0.2, 0.25) is 0 Å². The molecule has 1 aromatic rings. The molecular formula is C16H18N2O3. The van der Waals surface area contributed by atoms with E-state index in [1.165, 1.54) is 11.1 Å². The third-order valence-corrected chi connectivity index (χ3v) is 4.13. The number of carbonyl (C=O) groups excluding carboxylic acids is 1. The number of carboxylic acids is 1. The van der Waals surface area contributed by atoms with Crippen LogP contribution in [-0.4, -0.2) is 34.6 Å². The lowest BCUT2D eigenvalue weighted by Gasteiger charge is -2.30. The molecule has 21 heavy (non-hydrogen) atoms. The van der Waals surface area contributed by atoms with Gasteiger partial charge in [0.25, 0.3) is 0 Å². The molecule has 5 heteroatoms. The summed E-state index contributed by atoms with van der Waals surface area (Å²) in [6, 6.07) is 7.84. The predicted octanol–water partition coefficient (Wildman–Crippen LogP) is 1.78. The summed E-state index contributed by atoms with van der Waals surface area (Å²) in [5.41, 5.74) is 2.48. The maximum atomic E-state index is 12.3. The molecular weight excluding hydrogens is 268 g/mol. The van der Waals surface area contributed by atoms with Gasteiger partial charge in [-0.2, -0.15) is 0 Å². The summed E-state index contributed by atoms with van der Waals surface area (Å²) < 4.78 is 0. The van der Waals surface area contributed by atoms with Gasteiger partial charge in [0.2, 0.25) is 0 Å². The standard InChI is InChI=1S/C16H18N2O3/c19-15(20)12-5-6-14(9-12)17-16(21)18-8-7-11-3-1-2-4-13(11)10-18/h1-6,12,14H,7-10H2,(H,17,21)(H,19,20). The van der Waals surface area contributed by atoms with Gasteiger partial charge in [0.15, 0.2) is 0 Å². The number of carbonyl (C=O) groups is 2. The SMILES string of the molecule is O=C(O)C1C=CC(NC(=O)N2CCc3ccccc3C2)C1. The topological polar surface area (TPSA) is 69.6 Å². The molecule has 2 amide bonds. The van der Waals surface area contributed by atoms with Crippen molar-refractivity contribution in [2.24, 2.45) is 5.92 Å². The zero-order valence-corrected chi connectivity index (χ0v) is 11.7. The second-order valence-corrected chi connectivity index (χ2v) is 5.56. The molecule has 1 heterocycles. The summed E-state index contributed by atoms with van der Waals surface area (Å²) in [6.45, 7) is 1.31. The van der Waals surface area contributed by atoms with Gasteiger partial charge in [-0.1, -0.05) is 36.4 Å². The summed E-state index contributed by atoms with van der Waals surface area (Å²) in [6.07, 6.45) is 4.72. The normalized spacial score (nSPS) is 23.7. The van der Waals surface area contributed by atoms with Crippen LogP contribution in [0.4, 0.5) is 4.79 Å². The molecule has 0 spiro atoms. The molecule has 0 bridgehead atoms. The van der Waals surface area contributed by atoms with Crippen molar-refractivity contribution in [2.45, 2.75) is 25.4 Å². The number of hydrogen-bond donors (Lipinski definition) is 2. The van der Waals surface area contributed by atoms with Crippen molar-refractivity contribution >= 4 is 12.0 Å². The molecule has 0 fully saturated rings. The number of rotatable bonds is 2. The zero-order valence-electron chi connectivity index (χ0n) is 11.7. The van der Waals surface area contributed by atoms with Crippen LogP contribution in [0.15, 0.2) is 36.4 Å². The minimum absolute atomic E-state index is 0.120.